The van der Waals surface area contributed by atoms with E-state index in [1.165, 1.54) is 0 Å². The second kappa shape index (κ2) is 5.97. The van der Waals surface area contributed by atoms with E-state index < -0.39 is 34.4 Å². The number of carbonyl (C=O) groups is 2. The summed E-state index contributed by atoms with van der Waals surface area (Å²) in [5.74, 6) is -1.54. The number of hydrogen-bond donors (Lipinski definition) is 2. The van der Waals surface area contributed by atoms with E-state index in [0.717, 1.165) is 0 Å². The highest BCUT2D eigenvalue weighted by Gasteiger charge is 2.25. The lowest BCUT2D eigenvalue weighted by molar-refractivity contribution is -0.143. The van der Waals surface area contributed by atoms with Gasteiger partial charge in [-0.3, -0.25) is 4.79 Å². The van der Waals surface area contributed by atoms with Crippen molar-refractivity contribution in [3.8, 4) is 0 Å². The Balaban J connectivity index is 2.28. The molecule has 0 aromatic heterocycles. The molecule has 0 aliphatic carbocycles. The van der Waals surface area contributed by atoms with Gasteiger partial charge >= 0.3 is 5.97 Å². The minimum atomic E-state index is -3.06. The van der Waals surface area contributed by atoms with Gasteiger partial charge in [0.2, 0.25) is 5.91 Å². The highest BCUT2D eigenvalue weighted by atomic mass is 32.2. The average molecular weight is 265 g/mol. The fourth-order valence-corrected chi connectivity index (χ4v) is 3.27. The molecule has 0 bridgehead atoms. The molecule has 1 aliphatic rings. The summed E-state index contributed by atoms with van der Waals surface area (Å²) in [5.41, 5.74) is 0. The van der Waals surface area contributed by atoms with E-state index in [1.54, 1.807) is 0 Å². The molecule has 98 valence electrons. The van der Waals surface area contributed by atoms with Crippen LogP contribution in [0.3, 0.4) is 0 Å². The number of amides is 1. The molecule has 2 N–H and O–H groups in total. The second-order valence-corrected chi connectivity index (χ2v) is 6.14. The number of carboxylic acids is 1. The second-order valence-electron chi connectivity index (χ2n) is 3.91. The first-order valence-corrected chi connectivity index (χ1v) is 7.00. The molecule has 0 aromatic carbocycles. The van der Waals surface area contributed by atoms with Gasteiger partial charge in [0.1, 0.15) is 13.2 Å². The lowest BCUT2D eigenvalue weighted by atomic mass is 10.2. The minimum Gasteiger partial charge on any atom is -0.480 e. The summed E-state index contributed by atoms with van der Waals surface area (Å²) >= 11 is 0. The number of carbonyl (C=O) groups excluding carboxylic acids is 1. The molecule has 0 aromatic rings. The third kappa shape index (κ3) is 5.64. The highest BCUT2D eigenvalue weighted by Crippen LogP contribution is 2.11. The molecule has 1 heterocycles. The van der Waals surface area contributed by atoms with Crippen LogP contribution in [-0.2, 0) is 24.2 Å². The van der Waals surface area contributed by atoms with Crippen molar-refractivity contribution in [3.63, 3.8) is 0 Å². The summed E-state index contributed by atoms with van der Waals surface area (Å²) in [4.78, 5) is 21.4. The predicted molar refractivity (Wildman–Crippen MR) is 58.3 cm³/mol. The monoisotopic (exact) mass is 265 g/mol. The van der Waals surface area contributed by atoms with Crippen LogP contribution in [0.4, 0.5) is 0 Å². The standard InChI is InChI=1S/C9H15NO6S/c11-8(4-16-5-9(12)13)10-7-2-1-3-17(14,15)6-7/h7H,1-6H2,(H,10,11)(H,12,13). The molecule has 17 heavy (non-hydrogen) atoms. The van der Waals surface area contributed by atoms with Crippen LogP contribution in [0.1, 0.15) is 12.8 Å². The quantitative estimate of drug-likeness (QED) is 0.645. The van der Waals surface area contributed by atoms with Gasteiger partial charge < -0.3 is 15.2 Å². The summed E-state index contributed by atoms with van der Waals surface area (Å²) in [6.45, 7) is -0.917. The van der Waals surface area contributed by atoms with E-state index in [4.69, 9.17) is 5.11 Å². The molecule has 1 atom stereocenters. The van der Waals surface area contributed by atoms with E-state index in [-0.39, 0.29) is 18.1 Å². The van der Waals surface area contributed by atoms with Gasteiger partial charge in [-0.2, -0.15) is 0 Å². The topological polar surface area (TPSA) is 110 Å². The first kappa shape index (κ1) is 13.9. The fraction of sp³-hybridized carbons (Fsp3) is 0.778. The number of hydrogen-bond acceptors (Lipinski definition) is 5. The van der Waals surface area contributed by atoms with Gasteiger partial charge in [-0.05, 0) is 12.8 Å². The third-order valence-corrected chi connectivity index (χ3v) is 4.11. The van der Waals surface area contributed by atoms with Crippen molar-refractivity contribution in [1.82, 2.24) is 5.32 Å². The Morgan fingerprint density at radius 1 is 1.35 bits per heavy atom. The number of rotatable bonds is 5. The number of sulfone groups is 1. The van der Waals surface area contributed by atoms with Crippen LogP contribution in [-0.4, -0.2) is 56.2 Å². The van der Waals surface area contributed by atoms with Gasteiger partial charge in [-0.1, -0.05) is 0 Å². The Hall–Kier alpha value is -1.15. The summed E-state index contributed by atoms with van der Waals surface area (Å²) in [6, 6.07) is -0.394. The van der Waals surface area contributed by atoms with Crippen molar-refractivity contribution in [2.45, 2.75) is 18.9 Å². The van der Waals surface area contributed by atoms with Crippen molar-refractivity contribution in [1.29, 1.82) is 0 Å². The molecule has 1 unspecified atom stereocenters. The van der Waals surface area contributed by atoms with Gasteiger partial charge in [-0.25, -0.2) is 13.2 Å². The van der Waals surface area contributed by atoms with Crippen molar-refractivity contribution in [2.75, 3.05) is 24.7 Å². The zero-order valence-corrected chi connectivity index (χ0v) is 10.0. The van der Waals surface area contributed by atoms with Crippen LogP contribution in [0.15, 0.2) is 0 Å². The Labute approximate surface area is 99.1 Å². The van der Waals surface area contributed by atoms with Crippen molar-refractivity contribution >= 4 is 21.7 Å². The first-order valence-electron chi connectivity index (χ1n) is 5.18. The average Bonchev–Trinajstić information content (AvgIpc) is 2.14. The number of nitrogens with one attached hydrogen (secondary N) is 1. The molecule has 0 spiro atoms. The zero-order chi connectivity index (χ0) is 12.9. The Morgan fingerprint density at radius 2 is 2.06 bits per heavy atom. The van der Waals surface area contributed by atoms with Gasteiger partial charge in [0.15, 0.2) is 9.84 Å². The zero-order valence-electron chi connectivity index (χ0n) is 9.22. The summed E-state index contributed by atoms with van der Waals surface area (Å²) in [5, 5.41) is 10.8. The van der Waals surface area contributed by atoms with Gasteiger partial charge in [0, 0.05) is 6.04 Å². The van der Waals surface area contributed by atoms with Crippen molar-refractivity contribution in [3.05, 3.63) is 0 Å². The van der Waals surface area contributed by atoms with Crippen LogP contribution in [0.5, 0.6) is 0 Å². The third-order valence-electron chi connectivity index (χ3n) is 2.29. The Bertz CT molecular complexity index is 390. The minimum absolute atomic E-state index is 0.0579. The fourth-order valence-electron chi connectivity index (χ4n) is 1.64. The molecule has 1 aliphatic heterocycles. The SMILES string of the molecule is O=C(O)COCC(=O)NC1CCCS(=O)(=O)C1. The maximum absolute atomic E-state index is 11.3. The van der Waals surface area contributed by atoms with E-state index in [2.05, 4.69) is 10.1 Å². The molecule has 7 nitrogen and oxygen atoms in total. The van der Waals surface area contributed by atoms with E-state index in [9.17, 15) is 18.0 Å². The molecule has 0 saturated carbocycles. The number of ether oxygens (including phenoxy) is 1. The molecular weight excluding hydrogens is 250 g/mol. The van der Waals surface area contributed by atoms with Crippen LogP contribution in [0.2, 0.25) is 0 Å². The van der Waals surface area contributed by atoms with Gasteiger partial charge in [0.25, 0.3) is 0 Å². The first-order chi connectivity index (χ1) is 7.89. The highest BCUT2D eigenvalue weighted by molar-refractivity contribution is 7.91. The van der Waals surface area contributed by atoms with Crippen LogP contribution < -0.4 is 5.32 Å². The number of carboxylic acid groups (broad SMARTS) is 1. The molecular formula is C9H15NO6S. The summed E-state index contributed by atoms with van der Waals surface area (Å²) < 4.78 is 27.2. The van der Waals surface area contributed by atoms with Gasteiger partial charge in [-0.15, -0.1) is 0 Å². The molecule has 1 rings (SSSR count). The maximum atomic E-state index is 11.3. The normalized spacial score (nSPS) is 22.9. The van der Waals surface area contributed by atoms with Gasteiger partial charge in [0.05, 0.1) is 11.5 Å². The summed E-state index contributed by atoms with van der Waals surface area (Å²) in [6.07, 6.45) is 1.15. The lowest BCUT2D eigenvalue weighted by Gasteiger charge is -2.22. The van der Waals surface area contributed by atoms with Crippen LogP contribution in [0, 0.1) is 0 Å². The van der Waals surface area contributed by atoms with Crippen LogP contribution >= 0.6 is 0 Å². The molecule has 8 heteroatoms. The molecule has 1 saturated heterocycles. The Kier molecular flexibility index (Phi) is 4.88. The van der Waals surface area contributed by atoms with E-state index >= 15 is 0 Å². The summed E-state index contributed by atoms with van der Waals surface area (Å²) in [7, 11) is -3.06. The Morgan fingerprint density at radius 3 is 2.65 bits per heavy atom. The molecule has 1 fully saturated rings. The van der Waals surface area contributed by atoms with Crippen molar-refractivity contribution < 1.29 is 27.9 Å². The van der Waals surface area contributed by atoms with Crippen LogP contribution in [0.25, 0.3) is 0 Å². The lowest BCUT2D eigenvalue weighted by Crippen LogP contribution is -2.44. The van der Waals surface area contributed by atoms with E-state index in [1.807, 2.05) is 0 Å². The maximum Gasteiger partial charge on any atom is 0.329 e. The molecule has 0 radical (unpaired) electrons. The number of aliphatic carboxylic acids is 1. The smallest absolute Gasteiger partial charge is 0.329 e. The largest absolute Gasteiger partial charge is 0.480 e. The predicted octanol–water partition coefficient (Wildman–Crippen LogP) is -1.22. The molecule has 1 amide bonds. The van der Waals surface area contributed by atoms with E-state index in [0.29, 0.717) is 12.8 Å². The van der Waals surface area contributed by atoms with Crippen molar-refractivity contribution in [2.24, 2.45) is 0 Å².